The normalized spacial score (nSPS) is 21.5. The summed E-state index contributed by atoms with van der Waals surface area (Å²) < 4.78 is 2.00. The van der Waals surface area contributed by atoms with Crippen molar-refractivity contribution in [3.63, 3.8) is 0 Å². The number of hydrogen-bond donors (Lipinski definition) is 1. The second-order valence-electron chi connectivity index (χ2n) is 5.99. The summed E-state index contributed by atoms with van der Waals surface area (Å²) in [5.41, 5.74) is 2.08. The van der Waals surface area contributed by atoms with E-state index in [2.05, 4.69) is 6.07 Å². The molecule has 1 aliphatic rings. The van der Waals surface area contributed by atoms with E-state index in [0.717, 1.165) is 16.6 Å². The third-order valence-electron chi connectivity index (χ3n) is 4.70. The first kappa shape index (κ1) is 14.6. The first-order valence-corrected chi connectivity index (χ1v) is 7.56. The van der Waals surface area contributed by atoms with Crippen LogP contribution in [-0.4, -0.2) is 39.0 Å². The number of nitrogens with zero attached hydrogens (tertiary/aromatic N) is 2. The Labute approximate surface area is 129 Å². The van der Waals surface area contributed by atoms with Crippen LogP contribution in [0.2, 0.25) is 0 Å². The Kier molecular flexibility index (Phi) is 3.64. The lowest BCUT2D eigenvalue weighted by atomic mass is 10.0. The molecule has 1 saturated heterocycles. The number of para-hydroxylation sites is 1. The zero-order valence-electron chi connectivity index (χ0n) is 12.8. The van der Waals surface area contributed by atoms with Gasteiger partial charge in [0.2, 0.25) is 5.91 Å². The molecule has 0 saturated carbocycles. The second-order valence-corrected chi connectivity index (χ2v) is 5.99. The third-order valence-corrected chi connectivity index (χ3v) is 4.70. The highest BCUT2D eigenvalue weighted by molar-refractivity contribution is 5.85. The number of aryl methyl sites for hydroxylation is 1. The minimum atomic E-state index is -0.814. The van der Waals surface area contributed by atoms with Crippen molar-refractivity contribution in [3.05, 3.63) is 36.0 Å². The number of fused-ring (bicyclic) bond motifs is 1. The molecule has 1 aromatic carbocycles. The van der Waals surface area contributed by atoms with E-state index in [1.54, 1.807) is 4.90 Å². The average molecular weight is 300 g/mol. The average Bonchev–Trinajstić information content (AvgIpc) is 3.00. The van der Waals surface area contributed by atoms with Gasteiger partial charge in [0, 0.05) is 23.8 Å². The Morgan fingerprint density at radius 2 is 2.05 bits per heavy atom. The molecule has 1 N–H and O–H groups in total. The van der Waals surface area contributed by atoms with Gasteiger partial charge in [0.1, 0.15) is 6.54 Å². The molecule has 2 unspecified atom stereocenters. The molecular formula is C17H20N2O3. The molecule has 0 spiro atoms. The zero-order chi connectivity index (χ0) is 15.9. The fraction of sp³-hybridized carbons (Fsp3) is 0.412. The highest BCUT2D eigenvalue weighted by Crippen LogP contribution is 2.26. The lowest BCUT2D eigenvalue weighted by Crippen LogP contribution is -2.39. The highest BCUT2D eigenvalue weighted by Gasteiger charge is 2.38. The Morgan fingerprint density at radius 3 is 2.73 bits per heavy atom. The van der Waals surface area contributed by atoms with Gasteiger partial charge in [-0.1, -0.05) is 18.2 Å². The Balaban J connectivity index is 1.82. The summed E-state index contributed by atoms with van der Waals surface area (Å²) >= 11 is 0. The molecule has 1 aromatic heterocycles. The van der Waals surface area contributed by atoms with Crippen molar-refractivity contribution in [2.75, 3.05) is 6.54 Å². The minimum absolute atomic E-state index is 0.0132. The number of aliphatic carboxylic acids is 1. The molecule has 22 heavy (non-hydrogen) atoms. The summed E-state index contributed by atoms with van der Waals surface area (Å²) in [6.07, 6.45) is 0.535. The van der Waals surface area contributed by atoms with Crippen LogP contribution in [0.5, 0.6) is 0 Å². The van der Waals surface area contributed by atoms with Crippen LogP contribution in [0.25, 0.3) is 10.9 Å². The number of rotatable bonds is 3. The summed E-state index contributed by atoms with van der Waals surface area (Å²) in [4.78, 5) is 25.5. The number of hydrogen-bond acceptors (Lipinski definition) is 2. The van der Waals surface area contributed by atoms with Crippen LogP contribution >= 0.6 is 0 Å². The molecule has 1 amide bonds. The molecule has 0 bridgehead atoms. The molecule has 2 atom stereocenters. The van der Waals surface area contributed by atoms with Crippen molar-refractivity contribution < 1.29 is 14.7 Å². The first-order valence-electron chi connectivity index (χ1n) is 7.56. The van der Waals surface area contributed by atoms with Gasteiger partial charge >= 0.3 is 5.97 Å². The van der Waals surface area contributed by atoms with Gasteiger partial charge in [-0.15, -0.1) is 0 Å². The maximum atomic E-state index is 12.6. The van der Waals surface area contributed by atoms with Crippen LogP contribution in [0.4, 0.5) is 0 Å². The number of aromatic nitrogens is 1. The van der Waals surface area contributed by atoms with Gasteiger partial charge in [-0.2, -0.15) is 0 Å². The Bertz CT molecular complexity index is 735. The van der Waals surface area contributed by atoms with E-state index in [0.29, 0.717) is 13.0 Å². The number of carbonyl (C=O) groups is 2. The molecule has 2 heterocycles. The highest BCUT2D eigenvalue weighted by atomic mass is 16.4. The molecule has 5 nitrogen and oxygen atoms in total. The van der Waals surface area contributed by atoms with E-state index in [4.69, 9.17) is 0 Å². The lowest BCUT2D eigenvalue weighted by molar-refractivity contribution is -0.143. The van der Waals surface area contributed by atoms with E-state index in [1.807, 2.05) is 42.7 Å². The minimum Gasteiger partial charge on any atom is -0.481 e. The van der Waals surface area contributed by atoms with E-state index >= 15 is 0 Å². The molecule has 0 aliphatic carbocycles. The predicted octanol–water partition coefficient (Wildman–Crippen LogP) is 2.27. The number of benzene rings is 1. The van der Waals surface area contributed by atoms with E-state index in [9.17, 15) is 14.7 Å². The van der Waals surface area contributed by atoms with Crippen molar-refractivity contribution in [2.45, 2.75) is 32.9 Å². The van der Waals surface area contributed by atoms with Crippen molar-refractivity contribution in [1.29, 1.82) is 0 Å². The molecule has 1 aliphatic heterocycles. The van der Waals surface area contributed by atoms with Crippen molar-refractivity contribution in [2.24, 2.45) is 5.92 Å². The number of carboxylic acid groups (broad SMARTS) is 1. The fourth-order valence-corrected chi connectivity index (χ4v) is 3.41. The van der Waals surface area contributed by atoms with E-state index in [-0.39, 0.29) is 18.5 Å². The SMILES string of the molecule is Cc1cc2ccccc2n1CC(=O)N1CCC(C(=O)O)C1C. The van der Waals surface area contributed by atoms with Gasteiger partial charge in [0.05, 0.1) is 5.92 Å². The molecule has 1 fully saturated rings. The van der Waals surface area contributed by atoms with Crippen molar-refractivity contribution >= 4 is 22.8 Å². The van der Waals surface area contributed by atoms with Crippen molar-refractivity contribution in [1.82, 2.24) is 9.47 Å². The summed E-state index contributed by atoms with van der Waals surface area (Å²) in [7, 11) is 0. The van der Waals surface area contributed by atoms with Crippen LogP contribution in [-0.2, 0) is 16.1 Å². The topological polar surface area (TPSA) is 62.5 Å². The maximum Gasteiger partial charge on any atom is 0.308 e. The van der Waals surface area contributed by atoms with Gasteiger partial charge < -0.3 is 14.6 Å². The first-order chi connectivity index (χ1) is 10.5. The third kappa shape index (κ3) is 2.36. The van der Waals surface area contributed by atoms with Gasteiger partial charge in [0.25, 0.3) is 0 Å². The number of amides is 1. The molecular weight excluding hydrogens is 280 g/mol. The summed E-state index contributed by atoms with van der Waals surface area (Å²) in [5.74, 6) is -1.28. The lowest BCUT2D eigenvalue weighted by Gasteiger charge is -2.24. The van der Waals surface area contributed by atoms with E-state index < -0.39 is 11.9 Å². The van der Waals surface area contributed by atoms with Crippen LogP contribution in [0.1, 0.15) is 19.0 Å². The van der Waals surface area contributed by atoms with Gasteiger partial charge in [-0.05, 0) is 37.8 Å². The maximum absolute atomic E-state index is 12.6. The van der Waals surface area contributed by atoms with E-state index in [1.165, 1.54) is 0 Å². The zero-order valence-corrected chi connectivity index (χ0v) is 12.8. The largest absolute Gasteiger partial charge is 0.481 e. The molecule has 116 valence electrons. The summed E-state index contributed by atoms with van der Waals surface area (Å²) in [6, 6.07) is 9.80. The van der Waals surface area contributed by atoms with Crippen LogP contribution in [0, 0.1) is 12.8 Å². The Morgan fingerprint density at radius 1 is 1.32 bits per heavy atom. The van der Waals surface area contributed by atoms with Gasteiger partial charge in [-0.3, -0.25) is 9.59 Å². The number of likely N-dealkylation sites (tertiary alicyclic amines) is 1. The number of carbonyl (C=O) groups excluding carboxylic acids is 1. The van der Waals surface area contributed by atoms with Crippen molar-refractivity contribution in [3.8, 4) is 0 Å². The molecule has 3 rings (SSSR count). The molecule has 5 heteroatoms. The quantitative estimate of drug-likeness (QED) is 0.946. The molecule has 2 aromatic rings. The van der Waals surface area contributed by atoms with Gasteiger partial charge in [-0.25, -0.2) is 0 Å². The smallest absolute Gasteiger partial charge is 0.308 e. The monoisotopic (exact) mass is 300 g/mol. The van der Waals surface area contributed by atoms with Crippen LogP contribution < -0.4 is 0 Å². The van der Waals surface area contributed by atoms with Gasteiger partial charge in [0.15, 0.2) is 0 Å². The summed E-state index contributed by atoms with van der Waals surface area (Å²) in [5, 5.41) is 10.3. The number of carboxylic acids is 1. The van der Waals surface area contributed by atoms with Crippen LogP contribution in [0.3, 0.4) is 0 Å². The predicted molar refractivity (Wildman–Crippen MR) is 83.6 cm³/mol. The summed E-state index contributed by atoms with van der Waals surface area (Å²) in [6.45, 7) is 4.59. The van der Waals surface area contributed by atoms with Crippen LogP contribution in [0.15, 0.2) is 30.3 Å². The standard InChI is InChI=1S/C17H20N2O3/c1-11-9-13-5-3-4-6-15(13)19(11)10-16(20)18-8-7-14(12(18)2)17(21)22/h3-6,9,12,14H,7-8,10H2,1-2H3,(H,21,22). The Hall–Kier alpha value is -2.30. The second kappa shape index (κ2) is 5.48. The molecule has 0 radical (unpaired) electrons. The fourth-order valence-electron chi connectivity index (χ4n) is 3.41.